The molecule has 4 rings (SSSR count). The Labute approximate surface area is 242 Å². The number of aromatic carboxylic acids is 4. The quantitative estimate of drug-likeness (QED) is 0.123. The molecule has 43 heavy (non-hydrogen) atoms. The first kappa shape index (κ1) is 31.4. The number of carbonyl (C=O) groups is 4. The van der Waals surface area contributed by atoms with E-state index in [2.05, 4.69) is 0 Å². The number of aromatic hydroxyl groups is 4. The normalized spacial score (nSPS) is 10.6. The molecule has 222 valence electrons. The van der Waals surface area contributed by atoms with Crippen LogP contribution in [0.1, 0.15) is 75.2 Å². The maximum absolute atomic E-state index is 12.1. The molecule has 0 radical (unpaired) electrons. The molecule has 0 saturated carbocycles. The van der Waals surface area contributed by atoms with Crippen molar-refractivity contribution in [1.29, 1.82) is 0 Å². The number of carboxylic acid groups (broad SMARTS) is 4. The van der Waals surface area contributed by atoms with E-state index in [-0.39, 0.29) is 34.8 Å². The molecule has 0 spiro atoms. The first-order valence-corrected chi connectivity index (χ1v) is 12.0. The van der Waals surface area contributed by atoms with Crippen molar-refractivity contribution in [3.8, 4) is 23.0 Å². The molecule has 0 aromatic heterocycles. The van der Waals surface area contributed by atoms with Gasteiger partial charge in [-0.25, -0.2) is 19.2 Å². The molecule has 0 fully saturated rings. The van der Waals surface area contributed by atoms with Crippen molar-refractivity contribution in [2.45, 2.75) is 12.3 Å². The summed E-state index contributed by atoms with van der Waals surface area (Å²) in [5.41, 5.74) is -1.10. The smallest absolute Gasteiger partial charge is 0.339 e. The first-order valence-electron chi connectivity index (χ1n) is 12.0. The molecule has 0 bridgehead atoms. The van der Waals surface area contributed by atoms with E-state index in [4.69, 9.17) is 0 Å². The molecule has 0 atom stereocenters. The van der Waals surface area contributed by atoms with Crippen LogP contribution in [-0.4, -0.2) is 64.7 Å². The van der Waals surface area contributed by atoms with Crippen molar-refractivity contribution < 1.29 is 60.0 Å². The third-order valence-electron chi connectivity index (χ3n) is 6.63. The molecule has 0 unspecified atom stereocenters. The largest absolute Gasteiger partial charge is 0.507 e. The predicted octanol–water partition coefficient (Wildman–Crippen LogP) is 4.23. The summed E-state index contributed by atoms with van der Waals surface area (Å²) in [6.07, 6.45) is -0.195. The van der Waals surface area contributed by atoms with E-state index >= 15 is 0 Å². The van der Waals surface area contributed by atoms with E-state index in [1.54, 1.807) is 0 Å². The van der Waals surface area contributed by atoms with E-state index in [0.29, 0.717) is 5.56 Å². The van der Waals surface area contributed by atoms with E-state index in [1.165, 1.54) is 24.3 Å². The molecule has 4 aromatic carbocycles. The van der Waals surface area contributed by atoms with Crippen LogP contribution < -0.4 is 6.15 Å². The van der Waals surface area contributed by atoms with Crippen LogP contribution in [0.4, 0.5) is 0 Å². The summed E-state index contributed by atoms with van der Waals surface area (Å²) < 4.78 is 0. The molecular formula is C30H25NO12. The second-order valence-electron chi connectivity index (χ2n) is 9.31. The van der Waals surface area contributed by atoms with Crippen LogP contribution in [-0.2, 0) is 6.42 Å². The Kier molecular flexibility index (Phi) is 8.92. The average molecular weight is 592 g/mol. The van der Waals surface area contributed by atoms with Gasteiger partial charge in [0, 0.05) is 12.3 Å². The van der Waals surface area contributed by atoms with Gasteiger partial charge in [0.15, 0.2) is 0 Å². The molecule has 13 nitrogen and oxygen atoms in total. The van der Waals surface area contributed by atoms with Crippen LogP contribution in [0.25, 0.3) is 0 Å². The maximum Gasteiger partial charge on any atom is 0.339 e. The van der Waals surface area contributed by atoms with Crippen molar-refractivity contribution in [2.75, 3.05) is 0 Å². The highest BCUT2D eigenvalue weighted by atomic mass is 16.4. The summed E-state index contributed by atoms with van der Waals surface area (Å²) in [5, 5.41) is 79.2. The van der Waals surface area contributed by atoms with Gasteiger partial charge in [-0.2, -0.15) is 0 Å². The Morgan fingerprint density at radius 2 is 0.907 bits per heavy atom. The molecule has 0 aliphatic rings. The second-order valence-corrected chi connectivity index (χ2v) is 9.31. The van der Waals surface area contributed by atoms with Gasteiger partial charge in [0.05, 0.1) is 0 Å². The summed E-state index contributed by atoms with van der Waals surface area (Å²) in [6.45, 7) is 0. The number of carboxylic acids is 4. The summed E-state index contributed by atoms with van der Waals surface area (Å²) in [4.78, 5) is 47.2. The van der Waals surface area contributed by atoms with Crippen LogP contribution in [0.5, 0.6) is 23.0 Å². The van der Waals surface area contributed by atoms with Gasteiger partial charge >= 0.3 is 23.9 Å². The fourth-order valence-corrected chi connectivity index (χ4v) is 4.65. The van der Waals surface area contributed by atoms with Gasteiger partial charge in [-0.1, -0.05) is 24.3 Å². The summed E-state index contributed by atoms with van der Waals surface area (Å²) in [7, 11) is 0. The number of hydrogen-bond acceptors (Lipinski definition) is 9. The summed E-state index contributed by atoms with van der Waals surface area (Å²) in [5.74, 6) is -9.20. The van der Waals surface area contributed by atoms with Gasteiger partial charge < -0.3 is 47.0 Å². The van der Waals surface area contributed by atoms with E-state index in [1.807, 2.05) is 0 Å². The lowest BCUT2D eigenvalue weighted by Crippen LogP contribution is -2.10. The predicted molar refractivity (Wildman–Crippen MR) is 149 cm³/mol. The molecule has 0 saturated heterocycles. The monoisotopic (exact) mass is 591 g/mol. The SMILES string of the molecule is N.O=C(O)c1cc(Cc2cc(C(c3ccc(O)c(C(=O)O)c3)c3ccc(O)c(C(=O)O)c3)cc(C(=O)O)c2O)ccc1O. The molecule has 0 aliphatic heterocycles. The Balaban J connectivity index is 0.00000506. The Morgan fingerprint density at radius 3 is 1.35 bits per heavy atom. The lowest BCUT2D eigenvalue weighted by atomic mass is 9.81. The van der Waals surface area contributed by atoms with Gasteiger partial charge in [-0.3, -0.25) is 0 Å². The van der Waals surface area contributed by atoms with Crippen LogP contribution in [0.2, 0.25) is 0 Å². The molecule has 11 N–H and O–H groups in total. The van der Waals surface area contributed by atoms with E-state index in [9.17, 15) is 60.0 Å². The molecule has 4 aromatic rings. The first-order chi connectivity index (χ1) is 19.8. The highest BCUT2D eigenvalue weighted by Crippen LogP contribution is 2.39. The van der Waals surface area contributed by atoms with Crippen LogP contribution >= 0.6 is 0 Å². The Morgan fingerprint density at radius 1 is 0.512 bits per heavy atom. The van der Waals surface area contributed by atoms with Gasteiger partial charge in [0.1, 0.15) is 45.3 Å². The van der Waals surface area contributed by atoms with Crippen LogP contribution in [0.15, 0.2) is 66.7 Å². The van der Waals surface area contributed by atoms with E-state index in [0.717, 1.165) is 42.5 Å². The minimum atomic E-state index is -1.53. The molecule has 0 heterocycles. The van der Waals surface area contributed by atoms with Crippen molar-refractivity contribution in [2.24, 2.45) is 0 Å². The zero-order valence-electron chi connectivity index (χ0n) is 22.1. The summed E-state index contributed by atoms with van der Waals surface area (Å²) in [6, 6.07) is 13.3. The highest BCUT2D eigenvalue weighted by molar-refractivity contribution is 5.93. The molecular weight excluding hydrogens is 566 g/mol. The van der Waals surface area contributed by atoms with Gasteiger partial charge in [0.25, 0.3) is 0 Å². The van der Waals surface area contributed by atoms with Crippen molar-refractivity contribution in [1.82, 2.24) is 6.15 Å². The third kappa shape index (κ3) is 6.31. The number of phenols is 4. The second kappa shape index (κ2) is 12.2. The summed E-state index contributed by atoms with van der Waals surface area (Å²) >= 11 is 0. The highest BCUT2D eigenvalue weighted by Gasteiger charge is 2.26. The maximum atomic E-state index is 12.1. The van der Waals surface area contributed by atoms with E-state index < -0.39 is 75.0 Å². The molecule has 0 aliphatic carbocycles. The zero-order chi connectivity index (χ0) is 30.9. The van der Waals surface area contributed by atoms with Crippen LogP contribution in [0, 0.1) is 0 Å². The third-order valence-corrected chi connectivity index (χ3v) is 6.63. The minimum absolute atomic E-state index is 0. The number of rotatable bonds is 9. The average Bonchev–Trinajstić information content (AvgIpc) is 2.92. The van der Waals surface area contributed by atoms with Crippen molar-refractivity contribution in [3.05, 3.63) is 117 Å². The fraction of sp³-hybridized carbons (Fsp3) is 0.0667. The fourth-order valence-electron chi connectivity index (χ4n) is 4.65. The van der Waals surface area contributed by atoms with Crippen molar-refractivity contribution in [3.63, 3.8) is 0 Å². The van der Waals surface area contributed by atoms with Crippen LogP contribution in [0.3, 0.4) is 0 Å². The van der Waals surface area contributed by atoms with Gasteiger partial charge in [0.2, 0.25) is 0 Å². The van der Waals surface area contributed by atoms with Crippen molar-refractivity contribution >= 4 is 23.9 Å². The van der Waals surface area contributed by atoms with Gasteiger partial charge in [-0.05, 0) is 70.3 Å². The molecule has 13 heteroatoms. The molecule has 0 amide bonds. The number of hydrogen-bond donors (Lipinski definition) is 9. The minimum Gasteiger partial charge on any atom is -0.507 e. The zero-order valence-corrected chi connectivity index (χ0v) is 22.1. The standard InChI is InChI=1S/C30H22O12.H3N/c31-22-4-1-13(8-18(22)27(35)36)7-17-9-16(12-21(26(17)34)30(41)42)25(14-2-5-23(32)19(10-14)28(37)38)15-3-6-24(33)20(11-15)29(39)40;/h1-6,8-12,25,31-34H,7H2,(H,35,36)(H,37,38)(H,39,40)(H,41,42);1H3. The lowest BCUT2D eigenvalue weighted by molar-refractivity contribution is 0.0682. The lowest BCUT2D eigenvalue weighted by Gasteiger charge is -2.22. The number of benzene rings is 4. The van der Waals surface area contributed by atoms with Gasteiger partial charge in [-0.15, -0.1) is 0 Å². The topological polar surface area (TPSA) is 265 Å². The Hall–Kier alpha value is -6.08. The Bertz CT molecular complexity index is 1720.